The molecule has 1 unspecified atom stereocenters. The first-order valence-corrected chi connectivity index (χ1v) is 13.4. The molecule has 3 N–H and O–H groups in total. The fourth-order valence-corrected chi connectivity index (χ4v) is 5.91. The van der Waals surface area contributed by atoms with Crippen molar-refractivity contribution in [3.63, 3.8) is 0 Å². The molecule has 4 aromatic heterocycles. The molecule has 0 bridgehead atoms. The Labute approximate surface area is 224 Å². The van der Waals surface area contributed by atoms with Crippen LogP contribution >= 0.6 is 11.3 Å². The van der Waals surface area contributed by atoms with Crippen molar-refractivity contribution < 1.29 is 4.79 Å². The van der Waals surface area contributed by atoms with E-state index in [-0.39, 0.29) is 11.9 Å². The molecule has 1 amide bonds. The summed E-state index contributed by atoms with van der Waals surface area (Å²) in [5.74, 6) is 0.414. The summed E-state index contributed by atoms with van der Waals surface area (Å²) in [5.41, 5.74) is 5.94. The van der Waals surface area contributed by atoms with Crippen molar-refractivity contribution in [1.29, 1.82) is 0 Å². The molecular formula is C28H28N8OS. The maximum atomic E-state index is 13.5. The molecule has 1 saturated heterocycles. The summed E-state index contributed by atoms with van der Waals surface area (Å²) in [6.45, 7) is 7.01. The third-order valence-corrected chi connectivity index (χ3v) is 7.81. The van der Waals surface area contributed by atoms with E-state index in [1.54, 1.807) is 18.6 Å². The molecule has 1 aliphatic rings. The minimum atomic E-state index is -0.363. The van der Waals surface area contributed by atoms with Crippen molar-refractivity contribution in [2.75, 3.05) is 25.0 Å². The van der Waals surface area contributed by atoms with Gasteiger partial charge in [0, 0.05) is 55.7 Å². The highest BCUT2D eigenvalue weighted by Crippen LogP contribution is 2.40. The van der Waals surface area contributed by atoms with Gasteiger partial charge in [-0.1, -0.05) is 23.8 Å². The number of H-pyrrole nitrogens is 1. The second kappa shape index (κ2) is 10.4. The topological polar surface area (TPSA) is 112 Å². The van der Waals surface area contributed by atoms with Crippen LogP contribution in [0.3, 0.4) is 0 Å². The SMILES string of the molecule is Cc1cc(C)c2n[nH]c(-c3nc(NC(=O)C4CN(Cc5ccccn5)CCN4)c(-c4cccnc4)s3)c2c1. The summed E-state index contributed by atoms with van der Waals surface area (Å²) in [5, 5.41) is 16.0. The molecule has 1 atom stereocenters. The number of amides is 1. The summed E-state index contributed by atoms with van der Waals surface area (Å²) >= 11 is 1.51. The fourth-order valence-electron chi connectivity index (χ4n) is 4.89. The maximum absolute atomic E-state index is 13.5. The van der Waals surface area contributed by atoms with E-state index in [0.29, 0.717) is 18.9 Å². The average molecular weight is 525 g/mol. The molecule has 6 rings (SSSR count). The fraction of sp³-hybridized carbons (Fsp3) is 0.250. The van der Waals surface area contributed by atoms with E-state index < -0.39 is 0 Å². The minimum Gasteiger partial charge on any atom is -0.308 e. The van der Waals surface area contributed by atoms with E-state index in [1.165, 1.54) is 11.3 Å². The van der Waals surface area contributed by atoms with Gasteiger partial charge in [-0.2, -0.15) is 5.10 Å². The molecule has 0 aliphatic carbocycles. The van der Waals surface area contributed by atoms with Crippen molar-refractivity contribution in [1.82, 2.24) is 35.4 Å². The monoisotopic (exact) mass is 524 g/mol. The molecule has 9 nitrogen and oxygen atoms in total. The molecule has 0 radical (unpaired) electrons. The molecule has 5 heterocycles. The molecule has 0 saturated carbocycles. The smallest absolute Gasteiger partial charge is 0.244 e. The number of nitrogens with zero attached hydrogens (tertiary/aromatic N) is 5. The van der Waals surface area contributed by atoms with E-state index in [2.05, 4.69) is 61.7 Å². The van der Waals surface area contributed by atoms with Gasteiger partial charge in [-0.15, -0.1) is 11.3 Å². The van der Waals surface area contributed by atoms with E-state index in [1.807, 2.05) is 30.3 Å². The number of aromatic amines is 1. The average Bonchev–Trinajstić information content (AvgIpc) is 3.54. The molecule has 0 spiro atoms. The lowest BCUT2D eigenvalue weighted by atomic mass is 10.1. The number of hydrogen-bond donors (Lipinski definition) is 3. The molecule has 192 valence electrons. The highest BCUT2D eigenvalue weighted by molar-refractivity contribution is 7.19. The van der Waals surface area contributed by atoms with Crippen LogP contribution < -0.4 is 10.6 Å². The van der Waals surface area contributed by atoms with Crippen LogP contribution in [0.15, 0.2) is 61.1 Å². The Morgan fingerprint density at radius 2 is 2.11 bits per heavy atom. The first kappa shape index (κ1) is 24.4. The van der Waals surface area contributed by atoms with E-state index in [4.69, 9.17) is 4.98 Å². The summed E-state index contributed by atoms with van der Waals surface area (Å²) in [7, 11) is 0. The number of piperazine rings is 1. The number of carbonyl (C=O) groups excluding carboxylic acids is 1. The predicted molar refractivity (Wildman–Crippen MR) is 150 cm³/mol. The van der Waals surface area contributed by atoms with Crippen LogP contribution in [0, 0.1) is 13.8 Å². The largest absolute Gasteiger partial charge is 0.308 e. The maximum Gasteiger partial charge on any atom is 0.244 e. The molecule has 38 heavy (non-hydrogen) atoms. The standard InChI is InChI=1S/C28H28N8OS/c1-17-12-18(2)23-21(13-17)24(35-34-23)28-33-26(25(38-28)19-6-5-8-29-14-19)32-27(37)22-16-36(11-10-31-22)15-20-7-3-4-9-30-20/h3-9,12-14,22,31H,10-11,15-16H2,1-2H3,(H,32,37)(H,34,35). The number of fused-ring (bicyclic) bond motifs is 1. The van der Waals surface area contributed by atoms with Gasteiger partial charge in [0.05, 0.1) is 22.1 Å². The second-order valence-corrected chi connectivity index (χ2v) is 10.6. The Morgan fingerprint density at radius 3 is 2.92 bits per heavy atom. The number of thiazole rings is 1. The molecule has 1 fully saturated rings. The Hall–Kier alpha value is -3.99. The Morgan fingerprint density at radius 1 is 1.18 bits per heavy atom. The molecule has 10 heteroatoms. The lowest BCUT2D eigenvalue weighted by molar-refractivity contribution is -0.119. The first-order valence-electron chi connectivity index (χ1n) is 12.6. The number of pyridine rings is 2. The number of anilines is 1. The molecule has 5 aromatic rings. The summed E-state index contributed by atoms with van der Waals surface area (Å²) < 4.78 is 0. The van der Waals surface area contributed by atoms with Crippen LogP contribution in [0.25, 0.3) is 32.0 Å². The Balaban J connectivity index is 1.29. The van der Waals surface area contributed by atoms with Crippen molar-refractivity contribution >= 4 is 34.0 Å². The second-order valence-electron chi connectivity index (χ2n) is 9.57. The van der Waals surface area contributed by atoms with Gasteiger partial charge in [-0.05, 0) is 43.7 Å². The highest BCUT2D eigenvalue weighted by Gasteiger charge is 2.28. The summed E-state index contributed by atoms with van der Waals surface area (Å²) in [6, 6.07) is 13.6. The van der Waals surface area contributed by atoms with Crippen LogP contribution in [0.5, 0.6) is 0 Å². The normalized spacial score (nSPS) is 16.1. The van der Waals surface area contributed by atoms with Crippen molar-refractivity contribution in [3.05, 3.63) is 77.9 Å². The number of hydrogen-bond acceptors (Lipinski definition) is 8. The van der Waals surface area contributed by atoms with Crippen molar-refractivity contribution in [2.45, 2.75) is 26.4 Å². The van der Waals surface area contributed by atoms with Crippen molar-refractivity contribution in [3.8, 4) is 21.1 Å². The molecular weight excluding hydrogens is 496 g/mol. The van der Waals surface area contributed by atoms with Crippen LogP contribution in [-0.2, 0) is 11.3 Å². The van der Waals surface area contributed by atoms with Gasteiger partial charge in [0.2, 0.25) is 5.91 Å². The number of benzene rings is 1. The molecule has 1 aromatic carbocycles. The lowest BCUT2D eigenvalue weighted by Crippen LogP contribution is -2.55. The first-order chi connectivity index (χ1) is 18.5. The Kier molecular flexibility index (Phi) is 6.67. The van der Waals surface area contributed by atoms with Crippen LogP contribution in [-0.4, -0.2) is 61.6 Å². The molecule has 1 aliphatic heterocycles. The Bertz CT molecular complexity index is 1580. The number of carbonyl (C=O) groups is 1. The van der Waals surface area contributed by atoms with Crippen LogP contribution in [0.1, 0.15) is 16.8 Å². The quantitative estimate of drug-likeness (QED) is 0.306. The van der Waals surface area contributed by atoms with Crippen molar-refractivity contribution in [2.24, 2.45) is 0 Å². The zero-order chi connectivity index (χ0) is 26.1. The third kappa shape index (κ3) is 4.93. The van der Waals surface area contributed by atoms with Crippen LogP contribution in [0.2, 0.25) is 0 Å². The zero-order valence-corrected chi connectivity index (χ0v) is 22.0. The number of rotatable bonds is 6. The highest BCUT2D eigenvalue weighted by atomic mass is 32.1. The van der Waals surface area contributed by atoms with Gasteiger partial charge < -0.3 is 10.6 Å². The van der Waals surface area contributed by atoms with Gasteiger partial charge in [-0.25, -0.2) is 4.98 Å². The summed E-state index contributed by atoms with van der Waals surface area (Å²) in [4.78, 5) is 30.2. The lowest BCUT2D eigenvalue weighted by Gasteiger charge is -2.32. The minimum absolute atomic E-state index is 0.112. The number of aromatic nitrogens is 5. The summed E-state index contributed by atoms with van der Waals surface area (Å²) in [6.07, 6.45) is 5.33. The van der Waals surface area contributed by atoms with E-state index in [0.717, 1.165) is 62.0 Å². The predicted octanol–water partition coefficient (Wildman–Crippen LogP) is 4.17. The van der Waals surface area contributed by atoms with Gasteiger partial charge in [0.25, 0.3) is 0 Å². The third-order valence-electron chi connectivity index (χ3n) is 6.69. The van der Waals surface area contributed by atoms with Gasteiger partial charge >= 0.3 is 0 Å². The number of aryl methyl sites for hydroxylation is 2. The van der Waals surface area contributed by atoms with Gasteiger partial charge in [0.15, 0.2) is 5.82 Å². The van der Waals surface area contributed by atoms with Crippen LogP contribution in [0.4, 0.5) is 5.82 Å². The van der Waals surface area contributed by atoms with E-state index >= 15 is 0 Å². The van der Waals surface area contributed by atoms with Gasteiger partial charge in [-0.3, -0.25) is 24.8 Å². The van der Waals surface area contributed by atoms with Gasteiger partial charge in [0.1, 0.15) is 10.7 Å². The zero-order valence-electron chi connectivity index (χ0n) is 21.2. The van der Waals surface area contributed by atoms with E-state index in [9.17, 15) is 4.79 Å². The number of nitrogens with one attached hydrogen (secondary N) is 3.